The van der Waals surface area contributed by atoms with Crippen molar-refractivity contribution in [2.75, 3.05) is 32.5 Å². The van der Waals surface area contributed by atoms with E-state index in [1.165, 1.54) is 0 Å². The molecule has 0 aliphatic carbocycles. The van der Waals surface area contributed by atoms with E-state index in [-0.39, 0.29) is 29.7 Å². The molecular formula is C18H30IN3O3S. The van der Waals surface area contributed by atoms with Crippen molar-refractivity contribution < 1.29 is 13.2 Å². The van der Waals surface area contributed by atoms with Gasteiger partial charge in [0.15, 0.2) is 15.8 Å². The largest absolute Gasteiger partial charge is 0.497 e. The summed E-state index contributed by atoms with van der Waals surface area (Å²) in [6.07, 6.45) is 0. The summed E-state index contributed by atoms with van der Waals surface area (Å²) in [4.78, 5) is 6.76. The van der Waals surface area contributed by atoms with E-state index in [9.17, 15) is 8.42 Å². The Kier molecular flexibility index (Phi) is 8.19. The summed E-state index contributed by atoms with van der Waals surface area (Å²) in [6.45, 7) is 9.76. The van der Waals surface area contributed by atoms with E-state index in [4.69, 9.17) is 9.73 Å². The molecule has 1 fully saturated rings. The quantitative estimate of drug-likeness (QED) is 0.395. The molecule has 0 bridgehead atoms. The van der Waals surface area contributed by atoms with Crippen LogP contribution in [0.4, 0.5) is 0 Å². The van der Waals surface area contributed by atoms with Gasteiger partial charge in [-0.2, -0.15) is 0 Å². The van der Waals surface area contributed by atoms with E-state index in [1.807, 2.05) is 30.9 Å². The van der Waals surface area contributed by atoms with Crippen molar-refractivity contribution in [3.05, 3.63) is 29.3 Å². The van der Waals surface area contributed by atoms with E-state index >= 15 is 0 Å². The molecule has 8 heteroatoms. The Morgan fingerprint density at radius 2 is 2.04 bits per heavy atom. The minimum atomic E-state index is -3.07. The predicted molar refractivity (Wildman–Crippen MR) is 117 cm³/mol. The number of hydrogen-bond donors (Lipinski definition) is 1. The summed E-state index contributed by atoms with van der Waals surface area (Å²) in [7, 11) is -1.41. The van der Waals surface area contributed by atoms with E-state index < -0.39 is 14.6 Å². The Morgan fingerprint density at radius 1 is 1.35 bits per heavy atom. The first kappa shape index (κ1) is 23.0. The van der Waals surface area contributed by atoms with Crippen LogP contribution in [0, 0.1) is 6.92 Å². The number of sulfone groups is 1. The second-order valence-electron chi connectivity index (χ2n) is 7.03. The molecule has 0 spiro atoms. The lowest BCUT2D eigenvalue weighted by Gasteiger charge is -2.39. The molecule has 2 rings (SSSR count). The molecule has 1 aromatic carbocycles. The summed E-state index contributed by atoms with van der Waals surface area (Å²) in [5.41, 5.74) is 2.19. The standard InChI is InChI=1S/C18H29N3O3S.HI/c1-6-19-17(21-7-8-25(22,23)18(3,4)13-21)20-12-15-9-14(2)10-16(11-15)24-5;/h9-11H,6-8,12-13H2,1-5H3,(H,19,20);1H. The smallest absolute Gasteiger partial charge is 0.194 e. The molecule has 1 saturated heterocycles. The highest BCUT2D eigenvalue weighted by molar-refractivity contribution is 14.0. The van der Waals surface area contributed by atoms with Gasteiger partial charge in [-0.05, 0) is 51.0 Å². The molecule has 148 valence electrons. The highest BCUT2D eigenvalue weighted by atomic mass is 127. The summed E-state index contributed by atoms with van der Waals surface area (Å²) in [5, 5.41) is 3.28. The first-order valence-corrected chi connectivity index (χ1v) is 10.2. The molecular weight excluding hydrogens is 465 g/mol. The summed E-state index contributed by atoms with van der Waals surface area (Å²) < 4.78 is 29.0. The summed E-state index contributed by atoms with van der Waals surface area (Å²) >= 11 is 0. The number of halogens is 1. The fourth-order valence-electron chi connectivity index (χ4n) is 2.95. The third-order valence-electron chi connectivity index (χ3n) is 4.44. The van der Waals surface area contributed by atoms with Crippen LogP contribution in [0.5, 0.6) is 5.75 Å². The third kappa shape index (κ3) is 5.48. The lowest BCUT2D eigenvalue weighted by molar-refractivity contribution is 0.353. The number of nitrogens with one attached hydrogen (secondary N) is 1. The van der Waals surface area contributed by atoms with Gasteiger partial charge >= 0.3 is 0 Å². The predicted octanol–water partition coefficient (Wildman–Crippen LogP) is 2.60. The molecule has 0 radical (unpaired) electrons. The molecule has 1 heterocycles. The molecule has 0 unspecified atom stereocenters. The Bertz CT molecular complexity index is 748. The first-order chi connectivity index (χ1) is 11.7. The highest BCUT2D eigenvalue weighted by Crippen LogP contribution is 2.24. The number of rotatable bonds is 4. The van der Waals surface area contributed by atoms with E-state index in [0.717, 1.165) is 29.4 Å². The Morgan fingerprint density at radius 3 is 2.62 bits per heavy atom. The number of methoxy groups -OCH3 is 1. The molecule has 0 saturated carbocycles. The van der Waals surface area contributed by atoms with Crippen molar-refractivity contribution in [1.82, 2.24) is 10.2 Å². The van der Waals surface area contributed by atoms with Crippen molar-refractivity contribution in [2.45, 2.75) is 39.0 Å². The van der Waals surface area contributed by atoms with E-state index in [1.54, 1.807) is 21.0 Å². The fraction of sp³-hybridized carbons (Fsp3) is 0.611. The lowest BCUT2D eigenvalue weighted by Crippen LogP contribution is -2.57. The molecule has 0 aromatic heterocycles. The van der Waals surface area contributed by atoms with Crippen LogP contribution in [0.25, 0.3) is 0 Å². The Labute approximate surface area is 174 Å². The number of aliphatic imine (C=N–C) groups is 1. The SMILES string of the molecule is CCNC(=NCc1cc(C)cc(OC)c1)N1CCS(=O)(=O)C(C)(C)C1.I. The molecule has 1 aliphatic rings. The molecule has 0 amide bonds. The van der Waals surface area contributed by atoms with Crippen LogP contribution in [0.2, 0.25) is 0 Å². The lowest BCUT2D eigenvalue weighted by atomic mass is 10.1. The van der Waals surface area contributed by atoms with E-state index in [0.29, 0.717) is 19.6 Å². The zero-order valence-electron chi connectivity index (χ0n) is 16.2. The van der Waals surface area contributed by atoms with Crippen molar-refractivity contribution in [3.63, 3.8) is 0 Å². The van der Waals surface area contributed by atoms with Crippen LogP contribution < -0.4 is 10.1 Å². The van der Waals surface area contributed by atoms with Gasteiger partial charge in [0.05, 0.1) is 24.2 Å². The normalized spacial score (nSPS) is 18.8. The van der Waals surface area contributed by atoms with Gasteiger partial charge in [-0.3, -0.25) is 0 Å². The van der Waals surface area contributed by atoms with Crippen molar-refractivity contribution in [2.24, 2.45) is 4.99 Å². The molecule has 1 N–H and O–H groups in total. The molecule has 1 aromatic rings. The number of benzene rings is 1. The van der Waals surface area contributed by atoms with Gasteiger partial charge in [0, 0.05) is 19.6 Å². The van der Waals surface area contributed by atoms with Gasteiger partial charge < -0.3 is 15.0 Å². The number of aryl methyl sites for hydroxylation is 1. The van der Waals surface area contributed by atoms with Crippen molar-refractivity contribution in [1.29, 1.82) is 0 Å². The number of ether oxygens (including phenoxy) is 1. The zero-order chi connectivity index (χ0) is 18.7. The third-order valence-corrected chi connectivity index (χ3v) is 6.97. The first-order valence-electron chi connectivity index (χ1n) is 8.58. The van der Waals surface area contributed by atoms with E-state index in [2.05, 4.69) is 11.4 Å². The molecule has 6 nitrogen and oxygen atoms in total. The number of guanidine groups is 1. The maximum absolute atomic E-state index is 12.2. The van der Waals surface area contributed by atoms with Gasteiger partial charge in [-0.1, -0.05) is 6.07 Å². The molecule has 0 atom stereocenters. The minimum Gasteiger partial charge on any atom is -0.497 e. The fourth-order valence-corrected chi connectivity index (χ4v) is 4.32. The van der Waals surface area contributed by atoms with Gasteiger partial charge in [0.1, 0.15) is 5.75 Å². The van der Waals surface area contributed by atoms with Crippen LogP contribution in [-0.4, -0.2) is 56.5 Å². The van der Waals surface area contributed by atoms with Gasteiger partial charge in [0.2, 0.25) is 0 Å². The van der Waals surface area contributed by atoms with Crippen molar-refractivity contribution >= 4 is 39.8 Å². The zero-order valence-corrected chi connectivity index (χ0v) is 19.4. The van der Waals surface area contributed by atoms with Crippen LogP contribution in [0.1, 0.15) is 31.9 Å². The topological polar surface area (TPSA) is 71.0 Å². The number of hydrogen-bond acceptors (Lipinski definition) is 4. The second-order valence-corrected chi connectivity index (χ2v) is 9.77. The summed E-state index contributed by atoms with van der Waals surface area (Å²) in [6, 6.07) is 6.04. The Balaban J connectivity index is 0.00000338. The summed E-state index contributed by atoms with van der Waals surface area (Å²) in [5.74, 6) is 1.73. The highest BCUT2D eigenvalue weighted by Gasteiger charge is 2.40. The minimum absolute atomic E-state index is 0. The van der Waals surface area contributed by atoms with Gasteiger partial charge in [-0.15, -0.1) is 24.0 Å². The average Bonchev–Trinajstić information content (AvgIpc) is 2.53. The number of nitrogens with zero attached hydrogens (tertiary/aromatic N) is 2. The average molecular weight is 495 g/mol. The van der Waals surface area contributed by atoms with Crippen LogP contribution in [-0.2, 0) is 16.4 Å². The monoisotopic (exact) mass is 495 g/mol. The maximum Gasteiger partial charge on any atom is 0.194 e. The molecule has 1 aliphatic heterocycles. The van der Waals surface area contributed by atoms with Gasteiger partial charge in [0.25, 0.3) is 0 Å². The van der Waals surface area contributed by atoms with Crippen molar-refractivity contribution in [3.8, 4) is 5.75 Å². The van der Waals surface area contributed by atoms with Crippen LogP contribution in [0.3, 0.4) is 0 Å². The van der Waals surface area contributed by atoms with Crippen LogP contribution in [0.15, 0.2) is 23.2 Å². The Hall–Kier alpha value is -1.03. The second kappa shape index (κ2) is 9.25. The molecule has 26 heavy (non-hydrogen) atoms. The van der Waals surface area contributed by atoms with Gasteiger partial charge in [-0.25, -0.2) is 13.4 Å². The maximum atomic E-state index is 12.2. The van der Waals surface area contributed by atoms with Crippen LogP contribution >= 0.6 is 24.0 Å².